The number of hydrogen-bond donors (Lipinski definition) is 0. The Bertz CT molecular complexity index is 512. The molecule has 6 heteroatoms. The number of hydrogen-bond acceptors (Lipinski definition) is 5. The molecule has 0 fully saturated rings. The summed E-state index contributed by atoms with van der Waals surface area (Å²) in [6, 6.07) is 3.27. The summed E-state index contributed by atoms with van der Waals surface area (Å²) in [7, 11) is 3.96. The van der Waals surface area contributed by atoms with E-state index < -0.39 is 4.92 Å². The van der Waals surface area contributed by atoms with Gasteiger partial charge in [-0.15, -0.1) is 0 Å². The Morgan fingerprint density at radius 1 is 1.47 bits per heavy atom. The topological polar surface area (TPSA) is 68.0 Å². The zero-order chi connectivity index (χ0) is 13.8. The lowest BCUT2D eigenvalue weighted by Gasteiger charge is -2.11. The van der Waals surface area contributed by atoms with Crippen molar-refractivity contribution in [3.05, 3.63) is 33.4 Å². The zero-order valence-electron chi connectivity index (χ0n) is 11.1. The summed E-state index contributed by atoms with van der Waals surface area (Å²) in [5, 5.41) is 11.0. The number of ether oxygens (including phenoxy) is 1. The molecule has 19 heavy (non-hydrogen) atoms. The Morgan fingerprint density at radius 3 is 2.95 bits per heavy atom. The highest BCUT2D eigenvalue weighted by Crippen LogP contribution is 2.32. The van der Waals surface area contributed by atoms with Crippen molar-refractivity contribution in [1.82, 2.24) is 4.90 Å². The van der Waals surface area contributed by atoms with Crippen LogP contribution in [-0.4, -0.2) is 43.3 Å². The highest BCUT2D eigenvalue weighted by Gasteiger charge is 2.20. The van der Waals surface area contributed by atoms with Crippen LogP contribution in [0.1, 0.15) is 17.5 Å². The SMILES string of the molecule is CN(C)CCCOc1cc2c(cc1[N+](=O)[O-])C=NC2. The first kappa shape index (κ1) is 13.5. The van der Waals surface area contributed by atoms with E-state index in [1.165, 1.54) is 6.07 Å². The van der Waals surface area contributed by atoms with Gasteiger partial charge in [0, 0.05) is 24.4 Å². The molecule has 102 valence electrons. The third-order valence-corrected chi connectivity index (χ3v) is 2.92. The van der Waals surface area contributed by atoms with Crippen molar-refractivity contribution in [3.8, 4) is 5.75 Å². The lowest BCUT2D eigenvalue weighted by molar-refractivity contribution is -0.385. The van der Waals surface area contributed by atoms with Crippen LogP contribution in [0.25, 0.3) is 0 Å². The monoisotopic (exact) mass is 263 g/mol. The molecular formula is C13H17N3O3. The van der Waals surface area contributed by atoms with Crippen LogP contribution in [-0.2, 0) is 6.54 Å². The molecule has 0 radical (unpaired) electrons. The molecule has 1 aromatic rings. The number of aliphatic imine (C=N–C) groups is 1. The first-order chi connectivity index (χ1) is 9.08. The molecule has 1 heterocycles. The number of nitro groups is 1. The highest BCUT2D eigenvalue weighted by atomic mass is 16.6. The Balaban J connectivity index is 2.09. The van der Waals surface area contributed by atoms with Crippen LogP contribution >= 0.6 is 0 Å². The van der Waals surface area contributed by atoms with E-state index in [4.69, 9.17) is 4.74 Å². The maximum atomic E-state index is 11.0. The second-order valence-corrected chi connectivity index (χ2v) is 4.75. The molecule has 0 N–H and O–H groups in total. The standard InChI is InChI=1S/C13H17N3O3/c1-15(2)4-3-5-19-13-7-11-9-14-8-10(11)6-12(13)16(17)18/h6-8H,3-5,9H2,1-2H3. The highest BCUT2D eigenvalue weighted by molar-refractivity contribution is 5.86. The van der Waals surface area contributed by atoms with Gasteiger partial charge in [-0.05, 0) is 32.1 Å². The van der Waals surface area contributed by atoms with Gasteiger partial charge in [-0.1, -0.05) is 0 Å². The van der Waals surface area contributed by atoms with Crippen LogP contribution in [0.5, 0.6) is 5.75 Å². The van der Waals surface area contributed by atoms with Gasteiger partial charge in [0.25, 0.3) is 0 Å². The molecule has 0 saturated heterocycles. The number of nitro benzene ring substituents is 1. The van der Waals surface area contributed by atoms with E-state index in [1.807, 2.05) is 19.0 Å². The molecule has 0 unspecified atom stereocenters. The third kappa shape index (κ3) is 3.29. The predicted molar refractivity (Wildman–Crippen MR) is 73.1 cm³/mol. The maximum Gasteiger partial charge on any atom is 0.311 e. The van der Waals surface area contributed by atoms with E-state index in [1.54, 1.807) is 12.3 Å². The summed E-state index contributed by atoms with van der Waals surface area (Å²) >= 11 is 0. The first-order valence-corrected chi connectivity index (χ1v) is 6.16. The summed E-state index contributed by atoms with van der Waals surface area (Å²) in [6.07, 6.45) is 2.50. The molecule has 0 aliphatic carbocycles. The van der Waals surface area contributed by atoms with Gasteiger partial charge in [0.1, 0.15) is 0 Å². The van der Waals surface area contributed by atoms with Crippen LogP contribution in [0, 0.1) is 10.1 Å². The van der Waals surface area contributed by atoms with Gasteiger partial charge >= 0.3 is 5.69 Å². The lowest BCUT2D eigenvalue weighted by atomic mass is 10.1. The predicted octanol–water partition coefficient (Wildman–Crippen LogP) is 1.86. The Kier molecular flexibility index (Phi) is 4.11. The fraction of sp³-hybridized carbons (Fsp3) is 0.462. The molecule has 1 aliphatic heterocycles. The molecule has 0 saturated carbocycles. The molecule has 6 nitrogen and oxygen atoms in total. The fourth-order valence-electron chi connectivity index (χ4n) is 1.95. The molecule has 0 aromatic heterocycles. The Hall–Kier alpha value is -1.95. The van der Waals surface area contributed by atoms with Crippen molar-refractivity contribution in [2.75, 3.05) is 27.2 Å². The Morgan fingerprint density at radius 2 is 2.26 bits per heavy atom. The van der Waals surface area contributed by atoms with Gasteiger partial charge in [0.05, 0.1) is 18.1 Å². The van der Waals surface area contributed by atoms with Crippen molar-refractivity contribution in [2.24, 2.45) is 4.99 Å². The lowest BCUT2D eigenvalue weighted by Crippen LogP contribution is -2.15. The van der Waals surface area contributed by atoms with Crippen LogP contribution < -0.4 is 4.74 Å². The third-order valence-electron chi connectivity index (χ3n) is 2.92. The molecule has 0 amide bonds. The van der Waals surface area contributed by atoms with Gasteiger partial charge in [-0.2, -0.15) is 0 Å². The van der Waals surface area contributed by atoms with E-state index in [-0.39, 0.29) is 5.69 Å². The minimum absolute atomic E-state index is 0.0111. The average Bonchev–Trinajstić information content (AvgIpc) is 2.80. The van der Waals surface area contributed by atoms with Gasteiger partial charge in [-0.25, -0.2) is 0 Å². The van der Waals surface area contributed by atoms with E-state index >= 15 is 0 Å². The summed E-state index contributed by atoms with van der Waals surface area (Å²) in [4.78, 5) is 16.8. The fourth-order valence-corrected chi connectivity index (χ4v) is 1.95. The number of benzene rings is 1. The summed E-state index contributed by atoms with van der Waals surface area (Å²) in [5.74, 6) is 0.341. The van der Waals surface area contributed by atoms with Crippen molar-refractivity contribution in [1.29, 1.82) is 0 Å². The second kappa shape index (κ2) is 5.79. The quantitative estimate of drug-likeness (QED) is 0.446. The molecule has 1 aliphatic rings. The van der Waals surface area contributed by atoms with Gasteiger partial charge in [0.15, 0.2) is 5.75 Å². The number of fused-ring (bicyclic) bond motifs is 1. The van der Waals surface area contributed by atoms with Crippen molar-refractivity contribution in [2.45, 2.75) is 13.0 Å². The normalized spacial score (nSPS) is 12.8. The smallest absolute Gasteiger partial charge is 0.311 e. The van der Waals surface area contributed by atoms with E-state index in [0.717, 1.165) is 24.1 Å². The molecule has 0 atom stereocenters. The molecule has 1 aromatic carbocycles. The van der Waals surface area contributed by atoms with E-state index in [2.05, 4.69) is 4.99 Å². The minimum atomic E-state index is -0.409. The first-order valence-electron chi connectivity index (χ1n) is 6.16. The van der Waals surface area contributed by atoms with Crippen LogP contribution in [0.15, 0.2) is 17.1 Å². The maximum absolute atomic E-state index is 11.0. The largest absolute Gasteiger partial charge is 0.487 e. The Labute approximate surface area is 111 Å². The van der Waals surface area contributed by atoms with E-state index in [0.29, 0.717) is 18.9 Å². The molecule has 0 bridgehead atoms. The average molecular weight is 263 g/mol. The molecule has 0 spiro atoms. The van der Waals surface area contributed by atoms with Gasteiger partial charge < -0.3 is 9.64 Å². The van der Waals surface area contributed by atoms with Gasteiger partial charge in [-0.3, -0.25) is 15.1 Å². The van der Waals surface area contributed by atoms with Crippen LogP contribution in [0.3, 0.4) is 0 Å². The van der Waals surface area contributed by atoms with Crippen molar-refractivity contribution >= 4 is 11.9 Å². The van der Waals surface area contributed by atoms with Crippen molar-refractivity contribution < 1.29 is 9.66 Å². The summed E-state index contributed by atoms with van der Waals surface area (Å²) in [6.45, 7) is 1.93. The van der Waals surface area contributed by atoms with Gasteiger partial charge in [0.2, 0.25) is 0 Å². The summed E-state index contributed by atoms with van der Waals surface area (Å²) in [5.41, 5.74) is 1.80. The minimum Gasteiger partial charge on any atom is -0.487 e. The van der Waals surface area contributed by atoms with Crippen LogP contribution in [0.2, 0.25) is 0 Å². The molecular weight excluding hydrogens is 246 g/mol. The number of rotatable bonds is 6. The van der Waals surface area contributed by atoms with Crippen LogP contribution in [0.4, 0.5) is 5.69 Å². The second-order valence-electron chi connectivity index (χ2n) is 4.75. The van der Waals surface area contributed by atoms with Crippen molar-refractivity contribution in [3.63, 3.8) is 0 Å². The summed E-state index contributed by atoms with van der Waals surface area (Å²) < 4.78 is 5.55. The van der Waals surface area contributed by atoms with E-state index in [9.17, 15) is 10.1 Å². The molecule has 2 rings (SSSR count). The number of nitrogens with zero attached hydrogens (tertiary/aromatic N) is 3. The zero-order valence-corrected chi connectivity index (χ0v) is 11.1.